The van der Waals surface area contributed by atoms with Gasteiger partial charge in [0.1, 0.15) is 18.1 Å². The quantitative estimate of drug-likeness (QED) is 0.774. The zero-order chi connectivity index (χ0) is 17.9. The molecule has 7 nitrogen and oxygen atoms in total. The lowest BCUT2D eigenvalue weighted by Gasteiger charge is -2.12. The van der Waals surface area contributed by atoms with E-state index >= 15 is 0 Å². The molecule has 3 aromatic rings. The van der Waals surface area contributed by atoms with E-state index < -0.39 is 6.09 Å². The van der Waals surface area contributed by atoms with E-state index in [1.165, 1.54) is 0 Å². The molecule has 132 valence electrons. The van der Waals surface area contributed by atoms with Crippen LogP contribution < -0.4 is 14.8 Å². The smallest absolute Gasteiger partial charge is 0.413 e. The first-order valence-electron chi connectivity index (χ1n) is 8.36. The third-order valence-corrected chi connectivity index (χ3v) is 4.07. The number of nitrogens with one attached hydrogen (secondary N) is 1. The molecule has 0 unspecified atom stereocenters. The van der Waals surface area contributed by atoms with Gasteiger partial charge in [0.25, 0.3) is 0 Å². The van der Waals surface area contributed by atoms with E-state index in [0.717, 1.165) is 11.1 Å². The number of carbonyl (C=O) groups excluding carboxylic acids is 1. The Morgan fingerprint density at radius 2 is 2.12 bits per heavy atom. The van der Waals surface area contributed by atoms with Gasteiger partial charge in [0.15, 0.2) is 0 Å². The Balaban J connectivity index is 1.47. The Morgan fingerprint density at radius 1 is 1.27 bits per heavy atom. The number of hydrogen-bond donors (Lipinski definition) is 1. The predicted octanol–water partition coefficient (Wildman–Crippen LogP) is 3.52. The molecule has 1 amide bonds. The van der Waals surface area contributed by atoms with Crippen molar-refractivity contribution in [2.45, 2.75) is 19.4 Å². The summed E-state index contributed by atoms with van der Waals surface area (Å²) < 4.78 is 16.1. The minimum atomic E-state index is -0.521. The second-order valence-electron chi connectivity index (χ2n) is 5.83. The Bertz CT molecular complexity index is 924. The van der Waals surface area contributed by atoms with Crippen LogP contribution in [0.5, 0.6) is 11.5 Å². The molecule has 1 aliphatic heterocycles. The van der Waals surface area contributed by atoms with Crippen molar-refractivity contribution in [3.05, 3.63) is 60.0 Å². The summed E-state index contributed by atoms with van der Waals surface area (Å²) in [6.07, 6.45) is 0.164. The highest BCUT2D eigenvalue weighted by atomic mass is 16.6. The number of ether oxygens (including phenoxy) is 2. The summed E-state index contributed by atoms with van der Waals surface area (Å²) in [6.45, 7) is 2.29. The van der Waals surface area contributed by atoms with E-state index in [-0.39, 0.29) is 6.04 Å². The van der Waals surface area contributed by atoms with Crippen molar-refractivity contribution in [3.8, 4) is 22.9 Å². The summed E-state index contributed by atoms with van der Waals surface area (Å²) in [4.78, 5) is 16.4. The average molecular weight is 351 g/mol. The van der Waals surface area contributed by atoms with Crippen molar-refractivity contribution >= 4 is 6.09 Å². The molecule has 26 heavy (non-hydrogen) atoms. The van der Waals surface area contributed by atoms with Crippen LogP contribution in [0.25, 0.3) is 11.4 Å². The Kier molecular flexibility index (Phi) is 4.27. The minimum absolute atomic E-state index is 0.272. The average Bonchev–Trinajstić information content (AvgIpc) is 3.29. The largest absolute Gasteiger partial charge is 0.491 e. The van der Waals surface area contributed by atoms with Crippen LogP contribution >= 0.6 is 0 Å². The Hall–Kier alpha value is -3.35. The molecule has 1 aliphatic rings. The van der Waals surface area contributed by atoms with Crippen molar-refractivity contribution in [3.63, 3.8) is 0 Å². The lowest BCUT2D eigenvalue weighted by molar-refractivity contribution is 0.192. The maximum atomic E-state index is 12.1. The van der Waals surface area contributed by atoms with Crippen molar-refractivity contribution in [1.29, 1.82) is 0 Å². The minimum Gasteiger partial charge on any atom is -0.491 e. The fraction of sp³-hybridized carbons (Fsp3) is 0.211. The third-order valence-electron chi connectivity index (χ3n) is 4.07. The summed E-state index contributed by atoms with van der Waals surface area (Å²) >= 11 is 0. The number of nitrogens with zero attached hydrogens (tertiary/aromatic N) is 2. The normalized spacial score (nSPS) is 15.2. The van der Waals surface area contributed by atoms with E-state index in [4.69, 9.17) is 14.0 Å². The number of amides is 1. The molecule has 0 saturated carbocycles. The summed E-state index contributed by atoms with van der Waals surface area (Å²) in [6, 6.07) is 14.3. The highest BCUT2D eigenvalue weighted by Crippen LogP contribution is 2.35. The maximum absolute atomic E-state index is 12.1. The first kappa shape index (κ1) is 16.1. The molecule has 0 spiro atoms. The number of fused-ring (bicyclic) bond motifs is 1. The van der Waals surface area contributed by atoms with E-state index in [1.54, 1.807) is 24.3 Å². The summed E-state index contributed by atoms with van der Waals surface area (Å²) in [5.41, 5.74) is 1.69. The van der Waals surface area contributed by atoms with Gasteiger partial charge >= 0.3 is 6.09 Å². The van der Waals surface area contributed by atoms with Crippen LogP contribution in [-0.4, -0.2) is 22.8 Å². The molecule has 0 fully saturated rings. The van der Waals surface area contributed by atoms with E-state index in [2.05, 4.69) is 15.5 Å². The third kappa shape index (κ3) is 3.23. The van der Waals surface area contributed by atoms with Gasteiger partial charge in [-0.05, 0) is 18.2 Å². The van der Waals surface area contributed by atoms with Gasteiger partial charge in [-0.25, -0.2) is 4.79 Å². The van der Waals surface area contributed by atoms with Crippen molar-refractivity contribution in [2.24, 2.45) is 0 Å². The van der Waals surface area contributed by atoms with Gasteiger partial charge in [-0.3, -0.25) is 0 Å². The van der Waals surface area contributed by atoms with Crippen molar-refractivity contribution in [2.75, 3.05) is 6.61 Å². The van der Waals surface area contributed by atoms with Crippen LogP contribution in [0.15, 0.2) is 53.1 Å². The second-order valence-corrected chi connectivity index (χ2v) is 5.83. The second kappa shape index (κ2) is 6.87. The molecule has 4 rings (SSSR count). The van der Waals surface area contributed by atoms with Crippen molar-refractivity contribution < 1.29 is 18.8 Å². The number of rotatable bonds is 4. The lowest BCUT2D eigenvalue weighted by Crippen LogP contribution is -2.31. The Labute approximate surface area is 149 Å². The molecule has 7 heteroatoms. The zero-order valence-corrected chi connectivity index (χ0v) is 14.1. The number of hydrogen-bond acceptors (Lipinski definition) is 6. The fourth-order valence-corrected chi connectivity index (χ4v) is 2.75. The van der Waals surface area contributed by atoms with Gasteiger partial charge in [-0.15, -0.1) is 0 Å². The van der Waals surface area contributed by atoms with Gasteiger partial charge in [0.05, 0.1) is 6.04 Å². The van der Waals surface area contributed by atoms with Gasteiger partial charge in [-0.2, -0.15) is 4.98 Å². The Morgan fingerprint density at radius 3 is 2.88 bits per heavy atom. The number of aromatic nitrogens is 2. The summed E-state index contributed by atoms with van der Waals surface area (Å²) in [7, 11) is 0. The summed E-state index contributed by atoms with van der Waals surface area (Å²) in [5, 5.41) is 6.79. The van der Waals surface area contributed by atoms with Crippen LogP contribution in [0.2, 0.25) is 0 Å². The molecule has 0 bridgehead atoms. The van der Waals surface area contributed by atoms with Crippen LogP contribution in [0, 0.1) is 0 Å². The standard InChI is InChI=1S/C19H17N3O4/c1-2-17-21-18(22-26-17)12-8-9-14-15(11-24-16(14)10-12)20-19(23)25-13-6-4-3-5-7-13/h3-10,15H,2,11H2,1H3,(H,20,23)/t15-/m1/s1. The first-order valence-corrected chi connectivity index (χ1v) is 8.36. The number of carbonyl (C=O) groups is 1. The zero-order valence-electron chi connectivity index (χ0n) is 14.1. The van der Waals surface area contributed by atoms with Gasteiger partial charge in [0.2, 0.25) is 11.7 Å². The molecule has 1 N–H and O–H groups in total. The molecule has 2 heterocycles. The predicted molar refractivity (Wildman–Crippen MR) is 92.9 cm³/mol. The van der Waals surface area contributed by atoms with Gasteiger partial charge in [0, 0.05) is 17.5 Å². The van der Waals surface area contributed by atoms with Crippen molar-refractivity contribution in [1.82, 2.24) is 15.5 Å². The summed E-state index contributed by atoms with van der Waals surface area (Å²) in [5.74, 6) is 2.29. The van der Waals surface area contributed by atoms with E-state index in [9.17, 15) is 4.79 Å². The van der Waals surface area contributed by atoms with Crippen LogP contribution in [0.4, 0.5) is 4.79 Å². The molecule has 0 aliphatic carbocycles. The fourth-order valence-electron chi connectivity index (χ4n) is 2.75. The topological polar surface area (TPSA) is 86.5 Å². The molecule has 2 aromatic carbocycles. The molecule has 1 atom stereocenters. The molecule has 0 radical (unpaired) electrons. The molecular formula is C19H17N3O4. The first-order chi connectivity index (χ1) is 12.7. The number of benzene rings is 2. The van der Waals surface area contributed by atoms with Crippen LogP contribution in [0.3, 0.4) is 0 Å². The van der Waals surface area contributed by atoms with Crippen LogP contribution in [0.1, 0.15) is 24.4 Å². The number of para-hydroxylation sites is 1. The van der Waals surface area contributed by atoms with Crippen LogP contribution in [-0.2, 0) is 6.42 Å². The molecule has 0 saturated heterocycles. The maximum Gasteiger partial charge on any atom is 0.413 e. The number of aryl methyl sites for hydroxylation is 1. The monoisotopic (exact) mass is 351 g/mol. The van der Waals surface area contributed by atoms with E-state index in [1.807, 2.05) is 31.2 Å². The molecule has 1 aromatic heterocycles. The lowest BCUT2D eigenvalue weighted by atomic mass is 10.1. The van der Waals surface area contributed by atoms with Gasteiger partial charge < -0.3 is 19.3 Å². The van der Waals surface area contributed by atoms with E-state index in [0.29, 0.717) is 36.2 Å². The van der Waals surface area contributed by atoms with Gasteiger partial charge in [-0.1, -0.05) is 42.4 Å². The SMILES string of the molecule is CCc1nc(-c2ccc3c(c2)OC[C@H]3NC(=O)Oc2ccccc2)no1. The molecular weight excluding hydrogens is 334 g/mol. The highest BCUT2D eigenvalue weighted by Gasteiger charge is 2.27. The highest BCUT2D eigenvalue weighted by molar-refractivity contribution is 5.71.